The van der Waals surface area contributed by atoms with E-state index in [9.17, 15) is 4.79 Å². The van der Waals surface area contributed by atoms with Crippen LogP contribution in [0.1, 0.15) is 41.0 Å². The van der Waals surface area contributed by atoms with Gasteiger partial charge in [0.2, 0.25) is 5.89 Å². The summed E-state index contributed by atoms with van der Waals surface area (Å²) >= 11 is 0. The maximum Gasteiger partial charge on any atom is 0.251 e. The fraction of sp³-hybridized carbons (Fsp3) is 0.438. The second kappa shape index (κ2) is 8.28. The number of amides is 1. The van der Waals surface area contributed by atoms with Crippen LogP contribution in [0, 0.1) is 6.92 Å². The quantitative estimate of drug-likeness (QED) is 0.684. The lowest BCUT2D eigenvalue weighted by molar-refractivity contribution is 0.0944. The number of carbonyl (C=O) groups excluding carboxylic acids is 1. The molecule has 124 valence electrons. The number of benzene rings is 1. The molecule has 0 radical (unpaired) electrons. The molecule has 0 bridgehead atoms. The molecule has 3 N–H and O–H groups in total. The number of aliphatic hydroxyl groups is 1. The average Bonchev–Trinajstić information content (AvgIpc) is 2.99. The summed E-state index contributed by atoms with van der Waals surface area (Å²) in [4.78, 5) is 16.3. The van der Waals surface area contributed by atoms with Crippen LogP contribution in [-0.2, 0) is 13.0 Å². The molecule has 1 aromatic carbocycles. The van der Waals surface area contributed by atoms with Gasteiger partial charge in [-0.15, -0.1) is 0 Å². The number of nitrogens with one attached hydrogen (secondary N) is 2. The standard InChI is InChI=1S/C16H22N4O3/c1-3-5-15-19-14(20-23-15)10-18-13-7-4-6-12(11(13)2)16(22)17-8-9-21/h4,6-7,18,21H,3,5,8-10H2,1-2H3,(H,17,22). The normalized spacial score (nSPS) is 10.6. The summed E-state index contributed by atoms with van der Waals surface area (Å²) < 4.78 is 5.14. The zero-order valence-corrected chi connectivity index (χ0v) is 13.4. The van der Waals surface area contributed by atoms with Crippen LogP contribution in [0.2, 0.25) is 0 Å². The summed E-state index contributed by atoms with van der Waals surface area (Å²) in [6, 6.07) is 5.45. The van der Waals surface area contributed by atoms with Crippen LogP contribution in [0.25, 0.3) is 0 Å². The number of aromatic nitrogens is 2. The second-order valence-corrected chi connectivity index (χ2v) is 5.17. The third-order valence-corrected chi connectivity index (χ3v) is 3.39. The minimum Gasteiger partial charge on any atom is -0.395 e. The molecule has 1 heterocycles. The molecule has 23 heavy (non-hydrogen) atoms. The van der Waals surface area contributed by atoms with E-state index >= 15 is 0 Å². The van der Waals surface area contributed by atoms with Crippen LogP contribution in [0.15, 0.2) is 22.7 Å². The topological polar surface area (TPSA) is 100 Å². The molecular weight excluding hydrogens is 296 g/mol. The van der Waals surface area contributed by atoms with E-state index in [0.29, 0.717) is 23.8 Å². The van der Waals surface area contributed by atoms with E-state index in [1.807, 2.05) is 19.1 Å². The monoisotopic (exact) mass is 318 g/mol. The van der Waals surface area contributed by atoms with Crippen molar-refractivity contribution in [3.05, 3.63) is 41.0 Å². The van der Waals surface area contributed by atoms with E-state index in [0.717, 1.165) is 24.1 Å². The number of rotatable bonds is 8. The van der Waals surface area contributed by atoms with Gasteiger partial charge in [-0.05, 0) is 31.0 Å². The first-order valence-electron chi connectivity index (χ1n) is 7.69. The van der Waals surface area contributed by atoms with Crippen molar-refractivity contribution in [3.8, 4) is 0 Å². The number of anilines is 1. The number of nitrogens with zero attached hydrogens (tertiary/aromatic N) is 2. The zero-order chi connectivity index (χ0) is 16.7. The van der Waals surface area contributed by atoms with Crippen molar-refractivity contribution >= 4 is 11.6 Å². The summed E-state index contributed by atoms with van der Waals surface area (Å²) in [5.41, 5.74) is 2.24. The SMILES string of the molecule is CCCc1nc(CNc2cccc(C(=O)NCCO)c2C)no1. The minimum absolute atomic E-state index is 0.0827. The molecule has 2 aromatic rings. The van der Waals surface area contributed by atoms with Crippen molar-refractivity contribution in [2.45, 2.75) is 33.2 Å². The average molecular weight is 318 g/mol. The van der Waals surface area contributed by atoms with Crippen LogP contribution >= 0.6 is 0 Å². The second-order valence-electron chi connectivity index (χ2n) is 5.17. The van der Waals surface area contributed by atoms with Crippen molar-refractivity contribution in [2.75, 3.05) is 18.5 Å². The van der Waals surface area contributed by atoms with Crippen LogP contribution in [0.5, 0.6) is 0 Å². The molecular formula is C16H22N4O3. The Morgan fingerprint density at radius 3 is 2.96 bits per heavy atom. The van der Waals surface area contributed by atoms with Gasteiger partial charge >= 0.3 is 0 Å². The zero-order valence-electron chi connectivity index (χ0n) is 13.4. The molecule has 0 fully saturated rings. The van der Waals surface area contributed by atoms with Gasteiger partial charge in [0.25, 0.3) is 5.91 Å². The maximum atomic E-state index is 12.0. The van der Waals surface area contributed by atoms with Gasteiger partial charge in [0, 0.05) is 24.2 Å². The Hall–Kier alpha value is -2.41. The largest absolute Gasteiger partial charge is 0.395 e. The molecule has 0 atom stereocenters. The Morgan fingerprint density at radius 2 is 2.22 bits per heavy atom. The highest BCUT2D eigenvalue weighted by Gasteiger charge is 2.12. The van der Waals surface area contributed by atoms with Gasteiger partial charge in [0.15, 0.2) is 5.82 Å². The van der Waals surface area contributed by atoms with Gasteiger partial charge in [0.05, 0.1) is 13.2 Å². The number of aliphatic hydroxyl groups excluding tert-OH is 1. The van der Waals surface area contributed by atoms with E-state index in [1.165, 1.54) is 0 Å². The predicted octanol–water partition coefficient (Wildman–Crippen LogP) is 1.66. The van der Waals surface area contributed by atoms with Crippen LogP contribution in [0.3, 0.4) is 0 Å². The molecule has 1 amide bonds. The number of hydrogen-bond donors (Lipinski definition) is 3. The highest BCUT2D eigenvalue weighted by Crippen LogP contribution is 2.19. The molecule has 7 heteroatoms. The number of carbonyl (C=O) groups is 1. The minimum atomic E-state index is -0.204. The molecule has 0 aliphatic carbocycles. The fourth-order valence-corrected chi connectivity index (χ4v) is 2.19. The van der Waals surface area contributed by atoms with E-state index < -0.39 is 0 Å². The fourth-order valence-electron chi connectivity index (χ4n) is 2.19. The first-order valence-corrected chi connectivity index (χ1v) is 7.69. The Bertz CT molecular complexity index is 655. The van der Waals surface area contributed by atoms with Crippen molar-refractivity contribution in [2.24, 2.45) is 0 Å². The van der Waals surface area contributed by atoms with Gasteiger partial charge in [-0.1, -0.05) is 18.1 Å². The van der Waals surface area contributed by atoms with Crippen molar-refractivity contribution in [1.29, 1.82) is 0 Å². The summed E-state index contributed by atoms with van der Waals surface area (Å²) in [6.45, 7) is 4.50. The molecule has 0 saturated heterocycles. The highest BCUT2D eigenvalue weighted by atomic mass is 16.5. The first kappa shape index (κ1) is 17.0. The van der Waals surface area contributed by atoms with Crippen molar-refractivity contribution < 1.29 is 14.4 Å². The summed E-state index contributed by atoms with van der Waals surface area (Å²) in [5.74, 6) is 1.02. The van der Waals surface area contributed by atoms with Crippen LogP contribution in [-0.4, -0.2) is 34.3 Å². The first-order chi connectivity index (χ1) is 11.2. The Balaban J connectivity index is 2.03. The van der Waals surface area contributed by atoms with Crippen LogP contribution < -0.4 is 10.6 Å². The highest BCUT2D eigenvalue weighted by molar-refractivity contribution is 5.97. The molecule has 0 spiro atoms. The van der Waals surface area contributed by atoms with Gasteiger partial charge in [0.1, 0.15) is 0 Å². The third kappa shape index (κ3) is 4.53. The summed E-state index contributed by atoms with van der Waals surface area (Å²) in [5, 5.41) is 18.6. The van der Waals surface area contributed by atoms with Gasteiger partial charge in [-0.3, -0.25) is 4.79 Å². The van der Waals surface area contributed by atoms with E-state index in [1.54, 1.807) is 6.07 Å². The number of hydrogen-bond acceptors (Lipinski definition) is 6. The lowest BCUT2D eigenvalue weighted by Crippen LogP contribution is -2.27. The van der Waals surface area contributed by atoms with Crippen molar-refractivity contribution in [3.63, 3.8) is 0 Å². The summed E-state index contributed by atoms with van der Waals surface area (Å²) in [7, 11) is 0. The Labute approximate surface area is 135 Å². The van der Waals surface area contributed by atoms with Crippen LogP contribution in [0.4, 0.5) is 5.69 Å². The van der Waals surface area contributed by atoms with Gasteiger partial charge in [-0.25, -0.2) is 0 Å². The van der Waals surface area contributed by atoms with E-state index in [2.05, 4.69) is 27.7 Å². The summed E-state index contributed by atoms with van der Waals surface area (Å²) in [6.07, 6.45) is 1.73. The maximum absolute atomic E-state index is 12.0. The molecule has 7 nitrogen and oxygen atoms in total. The Kier molecular flexibility index (Phi) is 6.10. The number of aryl methyl sites for hydroxylation is 1. The molecule has 0 saturated carbocycles. The third-order valence-electron chi connectivity index (χ3n) is 3.39. The van der Waals surface area contributed by atoms with E-state index in [4.69, 9.17) is 9.63 Å². The molecule has 2 rings (SSSR count). The predicted molar refractivity (Wildman–Crippen MR) is 86.2 cm³/mol. The molecule has 0 aliphatic heterocycles. The van der Waals surface area contributed by atoms with Gasteiger partial charge < -0.3 is 20.3 Å². The molecule has 0 unspecified atom stereocenters. The lowest BCUT2D eigenvalue weighted by Gasteiger charge is -2.12. The smallest absolute Gasteiger partial charge is 0.251 e. The molecule has 1 aromatic heterocycles. The lowest BCUT2D eigenvalue weighted by atomic mass is 10.1. The van der Waals surface area contributed by atoms with Gasteiger partial charge in [-0.2, -0.15) is 4.98 Å². The van der Waals surface area contributed by atoms with Crippen molar-refractivity contribution in [1.82, 2.24) is 15.5 Å². The molecule has 0 aliphatic rings. The Morgan fingerprint density at radius 1 is 1.39 bits per heavy atom. The van der Waals surface area contributed by atoms with E-state index in [-0.39, 0.29) is 19.1 Å².